The van der Waals surface area contributed by atoms with Crippen LogP contribution in [0.4, 0.5) is 0 Å². The SMILES string of the molecule is C/C(=N\NC(=O)Cc1nc(-c2ccccc2)cs1)c1cccs1. The average molecular weight is 341 g/mol. The number of aromatic nitrogens is 1. The van der Waals surface area contributed by atoms with E-state index in [0.717, 1.165) is 26.9 Å². The number of rotatable bonds is 5. The van der Waals surface area contributed by atoms with Crippen molar-refractivity contribution in [1.82, 2.24) is 10.4 Å². The van der Waals surface area contributed by atoms with Crippen LogP contribution in [0.1, 0.15) is 16.8 Å². The number of nitrogens with one attached hydrogen (secondary N) is 1. The summed E-state index contributed by atoms with van der Waals surface area (Å²) in [7, 11) is 0. The molecule has 1 amide bonds. The van der Waals surface area contributed by atoms with Crippen LogP contribution in [0.2, 0.25) is 0 Å². The van der Waals surface area contributed by atoms with Crippen molar-refractivity contribution in [2.24, 2.45) is 5.10 Å². The molecule has 0 spiro atoms. The topological polar surface area (TPSA) is 54.4 Å². The van der Waals surface area contributed by atoms with E-state index in [1.54, 1.807) is 11.3 Å². The Balaban J connectivity index is 1.60. The molecule has 0 unspecified atom stereocenters. The van der Waals surface area contributed by atoms with E-state index >= 15 is 0 Å². The number of hydrogen-bond donors (Lipinski definition) is 1. The largest absolute Gasteiger partial charge is 0.273 e. The molecule has 0 saturated carbocycles. The van der Waals surface area contributed by atoms with Crippen molar-refractivity contribution in [3.05, 3.63) is 63.1 Å². The van der Waals surface area contributed by atoms with Gasteiger partial charge in [0.15, 0.2) is 0 Å². The quantitative estimate of drug-likeness (QED) is 0.564. The molecule has 0 aliphatic carbocycles. The fourth-order valence-corrected chi connectivity index (χ4v) is 3.48. The Hall–Kier alpha value is -2.31. The van der Waals surface area contributed by atoms with Gasteiger partial charge in [-0.1, -0.05) is 36.4 Å². The summed E-state index contributed by atoms with van der Waals surface area (Å²) in [6.45, 7) is 1.88. The number of carbonyl (C=O) groups excluding carboxylic acids is 1. The summed E-state index contributed by atoms with van der Waals surface area (Å²) in [5, 5.41) is 8.87. The van der Waals surface area contributed by atoms with Crippen molar-refractivity contribution in [1.29, 1.82) is 0 Å². The number of nitrogens with zero attached hydrogens (tertiary/aromatic N) is 2. The lowest BCUT2D eigenvalue weighted by Gasteiger charge is -1.99. The maximum absolute atomic E-state index is 12.0. The second-order valence-electron chi connectivity index (χ2n) is 4.88. The standard InChI is InChI=1S/C17H15N3OS2/c1-12(15-8-5-9-22-15)19-20-16(21)10-17-18-14(11-23-17)13-6-3-2-4-7-13/h2-9,11H,10H2,1H3,(H,20,21)/b19-12+. The molecule has 1 N–H and O–H groups in total. The van der Waals surface area contributed by atoms with Crippen LogP contribution in [0.25, 0.3) is 11.3 Å². The van der Waals surface area contributed by atoms with Crippen molar-refractivity contribution in [2.45, 2.75) is 13.3 Å². The Bertz CT molecular complexity index is 808. The van der Waals surface area contributed by atoms with Gasteiger partial charge in [0.1, 0.15) is 5.01 Å². The lowest BCUT2D eigenvalue weighted by atomic mass is 10.2. The van der Waals surface area contributed by atoms with Crippen LogP contribution in [0, 0.1) is 0 Å². The number of thiazole rings is 1. The zero-order chi connectivity index (χ0) is 16.1. The van der Waals surface area contributed by atoms with Gasteiger partial charge in [-0.15, -0.1) is 22.7 Å². The predicted octanol–water partition coefficient (Wildman–Crippen LogP) is 3.95. The average Bonchev–Trinajstić information content (AvgIpc) is 3.25. The minimum absolute atomic E-state index is 0.158. The molecule has 0 bridgehead atoms. The van der Waals surface area contributed by atoms with E-state index in [4.69, 9.17) is 0 Å². The van der Waals surface area contributed by atoms with Crippen molar-refractivity contribution in [2.75, 3.05) is 0 Å². The van der Waals surface area contributed by atoms with Crippen LogP contribution in [-0.4, -0.2) is 16.6 Å². The monoisotopic (exact) mass is 341 g/mol. The van der Waals surface area contributed by atoms with E-state index in [1.165, 1.54) is 11.3 Å². The van der Waals surface area contributed by atoms with Gasteiger partial charge in [0.2, 0.25) is 5.91 Å². The van der Waals surface area contributed by atoms with Crippen molar-refractivity contribution in [3.8, 4) is 11.3 Å². The minimum atomic E-state index is -0.158. The highest BCUT2D eigenvalue weighted by Gasteiger charge is 2.09. The molecule has 116 valence electrons. The number of hydrazone groups is 1. The Morgan fingerprint density at radius 2 is 2.00 bits per heavy atom. The maximum atomic E-state index is 12.0. The van der Waals surface area contributed by atoms with Gasteiger partial charge in [-0.25, -0.2) is 10.4 Å². The van der Waals surface area contributed by atoms with Crippen LogP contribution < -0.4 is 5.43 Å². The van der Waals surface area contributed by atoms with E-state index in [-0.39, 0.29) is 12.3 Å². The molecule has 4 nitrogen and oxygen atoms in total. The second-order valence-corrected chi connectivity index (χ2v) is 6.77. The van der Waals surface area contributed by atoms with Gasteiger partial charge in [-0.2, -0.15) is 5.10 Å². The Labute approximate surface area is 142 Å². The molecule has 1 aromatic carbocycles. The molecule has 3 aromatic rings. The molecule has 2 heterocycles. The first-order chi connectivity index (χ1) is 11.2. The molecular weight excluding hydrogens is 326 g/mol. The smallest absolute Gasteiger partial charge is 0.246 e. The van der Waals surface area contributed by atoms with E-state index in [0.29, 0.717) is 0 Å². The summed E-state index contributed by atoms with van der Waals surface area (Å²) >= 11 is 3.08. The molecule has 6 heteroatoms. The van der Waals surface area contributed by atoms with E-state index < -0.39 is 0 Å². The summed E-state index contributed by atoms with van der Waals surface area (Å²) < 4.78 is 0. The van der Waals surface area contributed by atoms with Gasteiger partial charge < -0.3 is 0 Å². The van der Waals surface area contributed by atoms with Gasteiger partial charge in [0.25, 0.3) is 0 Å². The molecular formula is C17H15N3OS2. The van der Waals surface area contributed by atoms with Gasteiger partial charge in [0, 0.05) is 15.8 Å². The molecule has 0 aliphatic rings. The molecule has 23 heavy (non-hydrogen) atoms. The first-order valence-electron chi connectivity index (χ1n) is 7.09. The Kier molecular flexibility index (Phi) is 4.95. The van der Waals surface area contributed by atoms with Crippen molar-refractivity contribution >= 4 is 34.3 Å². The number of hydrogen-bond acceptors (Lipinski definition) is 5. The Morgan fingerprint density at radius 1 is 1.17 bits per heavy atom. The van der Waals surface area contributed by atoms with Gasteiger partial charge >= 0.3 is 0 Å². The number of amides is 1. The van der Waals surface area contributed by atoms with Gasteiger partial charge in [-0.3, -0.25) is 4.79 Å². The fourth-order valence-electron chi connectivity index (χ4n) is 2.00. The number of benzene rings is 1. The normalized spacial score (nSPS) is 11.4. The van der Waals surface area contributed by atoms with E-state index in [2.05, 4.69) is 15.5 Å². The molecule has 0 saturated heterocycles. The number of carbonyl (C=O) groups is 1. The summed E-state index contributed by atoms with van der Waals surface area (Å²) in [5.41, 5.74) is 5.35. The van der Waals surface area contributed by atoms with Crippen molar-refractivity contribution < 1.29 is 4.79 Å². The molecule has 0 aliphatic heterocycles. The lowest BCUT2D eigenvalue weighted by Crippen LogP contribution is -2.21. The third kappa shape index (κ3) is 4.12. The fraction of sp³-hybridized carbons (Fsp3) is 0.118. The van der Waals surface area contributed by atoms with Gasteiger partial charge in [0.05, 0.1) is 17.8 Å². The summed E-state index contributed by atoms with van der Waals surface area (Å²) in [4.78, 5) is 17.5. The summed E-state index contributed by atoms with van der Waals surface area (Å²) in [5.74, 6) is -0.158. The second kappa shape index (κ2) is 7.30. The highest BCUT2D eigenvalue weighted by molar-refractivity contribution is 7.12. The van der Waals surface area contributed by atoms with Crippen LogP contribution in [0.15, 0.2) is 58.3 Å². The lowest BCUT2D eigenvalue weighted by molar-refractivity contribution is -0.120. The third-order valence-electron chi connectivity index (χ3n) is 3.16. The van der Waals surface area contributed by atoms with E-state index in [9.17, 15) is 4.79 Å². The van der Waals surface area contributed by atoms with Crippen LogP contribution in [-0.2, 0) is 11.2 Å². The zero-order valence-corrected chi connectivity index (χ0v) is 14.2. The van der Waals surface area contributed by atoms with Crippen LogP contribution in [0.3, 0.4) is 0 Å². The molecule has 0 radical (unpaired) electrons. The molecule has 2 aromatic heterocycles. The van der Waals surface area contributed by atoms with E-state index in [1.807, 2.05) is 60.1 Å². The minimum Gasteiger partial charge on any atom is -0.273 e. The number of thiophene rings is 1. The zero-order valence-electron chi connectivity index (χ0n) is 12.5. The van der Waals surface area contributed by atoms with Crippen LogP contribution >= 0.6 is 22.7 Å². The summed E-state index contributed by atoms with van der Waals surface area (Å²) in [6, 6.07) is 13.9. The molecule has 0 atom stereocenters. The van der Waals surface area contributed by atoms with Crippen molar-refractivity contribution in [3.63, 3.8) is 0 Å². The highest BCUT2D eigenvalue weighted by atomic mass is 32.1. The van der Waals surface area contributed by atoms with Crippen LogP contribution in [0.5, 0.6) is 0 Å². The maximum Gasteiger partial charge on any atom is 0.246 e. The predicted molar refractivity (Wildman–Crippen MR) is 95.9 cm³/mol. The first-order valence-corrected chi connectivity index (χ1v) is 8.85. The molecule has 3 rings (SSSR count). The Morgan fingerprint density at radius 3 is 2.74 bits per heavy atom. The van der Waals surface area contributed by atoms with Gasteiger partial charge in [-0.05, 0) is 18.4 Å². The summed E-state index contributed by atoms with van der Waals surface area (Å²) in [6.07, 6.45) is 0.235. The third-order valence-corrected chi connectivity index (χ3v) is 4.99. The first kappa shape index (κ1) is 15.6. The molecule has 0 fully saturated rings. The highest BCUT2D eigenvalue weighted by Crippen LogP contribution is 2.21.